The molecule has 0 spiro atoms. The lowest BCUT2D eigenvalue weighted by molar-refractivity contribution is 0.0938. The molecule has 2 aliphatic rings. The van der Waals surface area contributed by atoms with Gasteiger partial charge in [-0.3, -0.25) is 14.0 Å². The number of hydrogen-bond acceptors (Lipinski definition) is 5. The Hall–Kier alpha value is -1.90. The van der Waals surface area contributed by atoms with Crippen molar-refractivity contribution in [2.45, 2.75) is 38.3 Å². The third-order valence-electron chi connectivity index (χ3n) is 5.76. The van der Waals surface area contributed by atoms with Crippen LogP contribution in [0.25, 0.3) is 0 Å². The van der Waals surface area contributed by atoms with Crippen LogP contribution in [0.5, 0.6) is 0 Å². The monoisotopic (exact) mass is 433 g/mol. The van der Waals surface area contributed by atoms with Gasteiger partial charge >= 0.3 is 0 Å². The molecule has 8 heteroatoms. The molecule has 1 aromatic heterocycles. The maximum absolute atomic E-state index is 12.8. The van der Waals surface area contributed by atoms with Crippen LogP contribution in [0, 0.1) is 0 Å². The normalized spacial score (nSPS) is 20.6. The third kappa shape index (κ3) is 4.20. The lowest BCUT2D eigenvalue weighted by atomic mass is 10.1. The number of sulfonamides is 1. The summed E-state index contributed by atoms with van der Waals surface area (Å²) in [5, 5.41) is 5.18. The second-order valence-electron chi connectivity index (χ2n) is 7.94. The van der Waals surface area contributed by atoms with Crippen molar-refractivity contribution in [1.29, 1.82) is 0 Å². The quantitative estimate of drug-likeness (QED) is 0.760. The molecule has 3 heterocycles. The molecule has 6 nitrogen and oxygen atoms in total. The third-order valence-corrected chi connectivity index (χ3v) is 8.01. The Kier molecular flexibility index (Phi) is 5.68. The molecule has 2 atom stereocenters. The summed E-state index contributed by atoms with van der Waals surface area (Å²) in [5.41, 5.74) is 2.17. The molecular formula is C21H27N3O3S2. The molecule has 0 bridgehead atoms. The van der Waals surface area contributed by atoms with E-state index in [1.807, 2.05) is 13.0 Å². The number of thiophene rings is 1. The Bertz CT molecular complexity index is 983. The molecule has 2 aromatic rings. The van der Waals surface area contributed by atoms with Crippen LogP contribution in [0.4, 0.5) is 5.69 Å². The van der Waals surface area contributed by atoms with Gasteiger partial charge in [0, 0.05) is 23.0 Å². The lowest BCUT2D eigenvalue weighted by Crippen LogP contribution is -2.36. The zero-order valence-electron chi connectivity index (χ0n) is 16.8. The zero-order valence-corrected chi connectivity index (χ0v) is 18.4. The van der Waals surface area contributed by atoms with Crippen LogP contribution in [-0.4, -0.2) is 51.2 Å². The average molecular weight is 434 g/mol. The van der Waals surface area contributed by atoms with Crippen LogP contribution < -0.4 is 9.62 Å². The summed E-state index contributed by atoms with van der Waals surface area (Å²) in [6, 6.07) is 9.58. The van der Waals surface area contributed by atoms with Crippen LogP contribution in [-0.2, 0) is 16.4 Å². The van der Waals surface area contributed by atoms with Gasteiger partial charge in [-0.05, 0) is 74.5 Å². The van der Waals surface area contributed by atoms with Crippen molar-refractivity contribution in [3.05, 3.63) is 51.7 Å². The number of nitrogens with one attached hydrogen (secondary N) is 1. The van der Waals surface area contributed by atoms with Crippen molar-refractivity contribution in [2.24, 2.45) is 0 Å². The second-order valence-corrected chi connectivity index (χ2v) is 10.8. The van der Waals surface area contributed by atoms with Gasteiger partial charge in [-0.1, -0.05) is 6.07 Å². The minimum Gasteiger partial charge on any atom is -0.350 e. The highest BCUT2D eigenvalue weighted by atomic mass is 32.2. The smallest absolute Gasteiger partial charge is 0.251 e. The number of hydrogen-bond donors (Lipinski definition) is 1. The molecule has 0 aliphatic carbocycles. The largest absolute Gasteiger partial charge is 0.350 e. The van der Waals surface area contributed by atoms with Crippen LogP contribution in [0.2, 0.25) is 0 Å². The van der Waals surface area contributed by atoms with E-state index in [2.05, 4.69) is 27.7 Å². The first kappa shape index (κ1) is 20.4. The van der Waals surface area contributed by atoms with Crippen molar-refractivity contribution in [2.75, 3.05) is 30.2 Å². The number of rotatable bonds is 6. The van der Waals surface area contributed by atoms with Crippen molar-refractivity contribution >= 4 is 33.0 Å². The van der Waals surface area contributed by atoms with E-state index in [0.717, 1.165) is 18.7 Å². The van der Waals surface area contributed by atoms with E-state index in [1.54, 1.807) is 23.5 Å². The number of nitrogens with zero attached hydrogens (tertiary/aromatic N) is 2. The molecule has 0 saturated carbocycles. The Morgan fingerprint density at radius 2 is 2.03 bits per heavy atom. The molecule has 1 N–H and O–H groups in total. The molecule has 0 radical (unpaired) electrons. The van der Waals surface area contributed by atoms with E-state index in [1.165, 1.54) is 28.3 Å². The van der Waals surface area contributed by atoms with E-state index < -0.39 is 10.0 Å². The Balaban J connectivity index is 1.48. The summed E-state index contributed by atoms with van der Waals surface area (Å²) in [4.78, 5) is 16.6. The van der Waals surface area contributed by atoms with E-state index in [-0.39, 0.29) is 18.0 Å². The lowest BCUT2D eigenvalue weighted by Gasteiger charge is -2.27. The van der Waals surface area contributed by atoms with Crippen LogP contribution >= 0.6 is 11.3 Å². The highest BCUT2D eigenvalue weighted by molar-refractivity contribution is 7.92. The first-order valence-corrected chi connectivity index (χ1v) is 12.8. The predicted molar refractivity (Wildman–Crippen MR) is 117 cm³/mol. The minimum atomic E-state index is -3.33. The zero-order chi connectivity index (χ0) is 20.6. The molecule has 2 aliphatic heterocycles. The van der Waals surface area contributed by atoms with Crippen LogP contribution in [0.15, 0.2) is 35.7 Å². The minimum absolute atomic E-state index is 0.112. The number of likely N-dealkylation sites (tertiary alicyclic amines) is 1. The summed E-state index contributed by atoms with van der Waals surface area (Å²) in [6.07, 6.45) is 4.25. The van der Waals surface area contributed by atoms with Gasteiger partial charge in [-0.15, -0.1) is 11.3 Å². The van der Waals surface area contributed by atoms with Gasteiger partial charge < -0.3 is 5.32 Å². The maximum Gasteiger partial charge on any atom is 0.251 e. The fourth-order valence-electron chi connectivity index (χ4n) is 4.48. The molecule has 1 amide bonds. The van der Waals surface area contributed by atoms with E-state index >= 15 is 0 Å². The van der Waals surface area contributed by atoms with Crippen molar-refractivity contribution in [3.63, 3.8) is 0 Å². The van der Waals surface area contributed by atoms with Crippen LogP contribution in [0.1, 0.15) is 46.6 Å². The molecule has 1 saturated heterocycles. The van der Waals surface area contributed by atoms with Gasteiger partial charge in [0.1, 0.15) is 0 Å². The molecule has 156 valence electrons. The molecular weight excluding hydrogens is 406 g/mol. The predicted octanol–water partition coefficient (Wildman–Crippen LogP) is 3.03. The SMILES string of the molecule is C[C@H]1Cc2cc(C(=O)NC[C@H](c3cccs3)N3CCCC3)ccc2N1S(C)(=O)=O. The Morgan fingerprint density at radius 3 is 2.69 bits per heavy atom. The standard InChI is InChI=1S/C21H27N3O3S2/c1-15-12-17-13-16(7-8-18(17)24(15)29(2,26)27)21(25)22-14-19(20-6-5-11-28-20)23-9-3-4-10-23/h5-8,11,13,15,19H,3-4,9-10,12,14H2,1-2H3,(H,22,25)/t15-,19+/m0/s1. The average Bonchev–Trinajstić information content (AvgIpc) is 3.41. The summed E-state index contributed by atoms with van der Waals surface area (Å²) < 4.78 is 25.6. The summed E-state index contributed by atoms with van der Waals surface area (Å²) in [7, 11) is -3.33. The van der Waals surface area contributed by atoms with Gasteiger partial charge in [0.15, 0.2) is 0 Å². The number of carbonyl (C=O) groups excluding carboxylic acids is 1. The Morgan fingerprint density at radius 1 is 1.28 bits per heavy atom. The first-order chi connectivity index (χ1) is 13.8. The van der Waals surface area contributed by atoms with Crippen molar-refractivity contribution in [1.82, 2.24) is 10.2 Å². The van der Waals surface area contributed by atoms with Gasteiger partial charge in [-0.25, -0.2) is 8.42 Å². The van der Waals surface area contributed by atoms with E-state index in [9.17, 15) is 13.2 Å². The molecule has 1 aromatic carbocycles. The van der Waals surface area contributed by atoms with Gasteiger partial charge in [0.25, 0.3) is 5.91 Å². The van der Waals surface area contributed by atoms with E-state index in [0.29, 0.717) is 24.2 Å². The summed E-state index contributed by atoms with van der Waals surface area (Å²) in [5.74, 6) is -0.112. The highest BCUT2D eigenvalue weighted by Gasteiger charge is 2.33. The maximum atomic E-state index is 12.8. The molecule has 0 unspecified atom stereocenters. The number of fused-ring (bicyclic) bond motifs is 1. The van der Waals surface area contributed by atoms with Crippen molar-refractivity contribution < 1.29 is 13.2 Å². The fraction of sp³-hybridized carbons (Fsp3) is 0.476. The van der Waals surface area contributed by atoms with Crippen molar-refractivity contribution in [3.8, 4) is 0 Å². The number of anilines is 1. The first-order valence-electron chi connectivity index (χ1n) is 10.0. The molecule has 4 rings (SSSR count). The highest BCUT2D eigenvalue weighted by Crippen LogP contribution is 2.35. The number of amides is 1. The van der Waals surface area contributed by atoms with Gasteiger partial charge in [0.2, 0.25) is 10.0 Å². The summed E-state index contributed by atoms with van der Waals surface area (Å²) >= 11 is 1.73. The topological polar surface area (TPSA) is 69.7 Å². The van der Waals surface area contributed by atoms with Crippen LogP contribution in [0.3, 0.4) is 0 Å². The van der Waals surface area contributed by atoms with Gasteiger partial charge in [0.05, 0.1) is 18.0 Å². The Labute approximate surface area is 176 Å². The summed E-state index contributed by atoms with van der Waals surface area (Å²) in [6.45, 7) is 4.59. The molecule has 29 heavy (non-hydrogen) atoms. The molecule has 1 fully saturated rings. The van der Waals surface area contributed by atoms with E-state index in [4.69, 9.17) is 0 Å². The number of benzene rings is 1. The second kappa shape index (κ2) is 8.08. The number of carbonyl (C=O) groups is 1. The fourth-order valence-corrected chi connectivity index (χ4v) is 6.61. The van der Waals surface area contributed by atoms with Gasteiger partial charge in [-0.2, -0.15) is 0 Å².